The summed E-state index contributed by atoms with van der Waals surface area (Å²) in [5.74, 6) is -0.516. The maximum atomic E-state index is 13.0. The van der Waals surface area contributed by atoms with Crippen molar-refractivity contribution in [3.63, 3.8) is 0 Å². The summed E-state index contributed by atoms with van der Waals surface area (Å²) in [5, 5.41) is 34.3. The first-order valence-corrected chi connectivity index (χ1v) is 9.57. The molecule has 4 aliphatic carbocycles. The van der Waals surface area contributed by atoms with E-state index in [4.69, 9.17) is 0 Å². The summed E-state index contributed by atoms with van der Waals surface area (Å²) in [5.41, 5.74) is 2.10. The Balaban J connectivity index is 1.52. The van der Waals surface area contributed by atoms with Crippen molar-refractivity contribution in [3.8, 4) is 11.5 Å². The van der Waals surface area contributed by atoms with Crippen LogP contribution < -0.4 is 5.43 Å². The Hall–Kier alpha value is -2.64. The highest BCUT2D eigenvalue weighted by atomic mass is 16.6. The van der Waals surface area contributed by atoms with Crippen LogP contribution in [0.1, 0.15) is 57.9 Å². The molecule has 1 aromatic rings. The van der Waals surface area contributed by atoms with Crippen molar-refractivity contribution in [1.82, 2.24) is 5.43 Å². The van der Waals surface area contributed by atoms with Crippen molar-refractivity contribution in [3.05, 3.63) is 27.8 Å². The third-order valence-electron chi connectivity index (χ3n) is 6.80. The van der Waals surface area contributed by atoms with E-state index in [0.717, 1.165) is 31.4 Å². The van der Waals surface area contributed by atoms with Crippen molar-refractivity contribution in [1.29, 1.82) is 0 Å². The van der Waals surface area contributed by atoms with Crippen LogP contribution >= 0.6 is 0 Å². The minimum atomic E-state index is -0.748. The third kappa shape index (κ3) is 3.00. The van der Waals surface area contributed by atoms with Gasteiger partial charge in [-0.2, -0.15) is 5.10 Å². The molecule has 5 rings (SSSR count). The van der Waals surface area contributed by atoms with Gasteiger partial charge >= 0.3 is 5.69 Å². The minimum absolute atomic E-state index is 0.0502. The number of hydrazone groups is 1. The van der Waals surface area contributed by atoms with E-state index in [1.807, 2.05) is 0 Å². The van der Waals surface area contributed by atoms with Gasteiger partial charge in [0.25, 0.3) is 0 Å². The topological polar surface area (TPSA) is 125 Å². The lowest BCUT2D eigenvalue weighted by atomic mass is 9.40. The number of hydrogen-bond acceptors (Lipinski definition) is 6. The molecule has 0 spiro atoms. The molecule has 1 aromatic carbocycles. The second kappa shape index (κ2) is 5.93. The van der Waals surface area contributed by atoms with Gasteiger partial charge in [-0.25, -0.2) is 5.43 Å². The standard InChI is InChI=1S/C20H25N3O5/c1-18-5-12-6-19(2,9-18)11-20(7-12,10-18)17(26)22-21-8-13-3-14(23(27)28)16(25)4-15(13)24/h3-4,8,12,24-25H,5-7,9-11H2,1-2H3,(H,22,26)/b21-8+. The van der Waals surface area contributed by atoms with E-state index < -0.39 is 21.8 Å². The van der Waals surface area contributed by atoms with Crippen LogP contribution in [-0.4, -0.2) is 27.3 Å². The molecular formula is C20H25N3O5. The zero-order valence-corrected chi connectivity index (χ0v) is 16.1. The molecule has 0 saturated heterocycles. The van der Waals surface area contributed by atoms with E-state index in [1.165, 1.54) is 25.5 Å². The predicted octanol–water partition coefficient (Wildman–Crippen LogP) is 3.45. The van der Waals surface area contributed by atoms with Gasteiger partial charge in [0.15, 0.2) is 5.75 Å². The molecule has 2 unspecified atom stereocenters. The summed E-state index contributed by atoms with van der Waals surface area (Å²) < 4.78 is 0. The number of phenols is 2. The van der Waals surface area contributed by atoms with E-state index >= 15 is 0 Å². The minimum Gasteiger partial charge on any atom is -0.507 e. The Kier molecular flexibility index (Phi) is 3.96. The lowest BCUT2D eigenvalue weighted by Gasteiger charge is -2.64. The first-order chi connectivity index (χ1) is 13.0. The summed E-state index contributed by atoms with van der Waals surface area (Å²) in [4.78, 5) is 23.2. The first-order valence-electron chi connectivity index (χ1n) is 9.57. The lowest BCUT2D eigenvalue weighted by molar-refractivity contribution is -0.385. The van der Waals surface area contributed by atoms with E-state index in [9.17, 15) is 25.1 Å². The summed E-state index contributed by atoms with van der Waals surface area (Å²) >= 11 is 0. The van der Waals surface area contributed by atoms with Gasteiger partial charge in [0.1, 0.15) is 5.75 Å². The molecule has 4 bridgehead atoms. The molecular weight excluding hydrogens is 362 g/mol. The van der Waals surface area contributed by atoms with Gasteiger partial charge in [-0.05, 0) is 55.3 Å². The summed E-state index contributed by atoms with van der Waals surface area (Å²) in [7, 11) is 0. The monoisotopic (exact) mass is 387 g/mol. The van der Waals surface area contributed by atoms with Crippen molar-refractivity contribution in [2.24, 2.45) is 27.3 Å². The van der Waals surface area contributed by atoms with E-state index in [2.05, 4.69) is 24.4 Å². The molecule has 0 aliphatic heterocycles. The molecule has 28 heavy (non-hydrogen) atoms. The highest BCUT2D eigenvalue weighted by Gasteiger charge is 2.62. The van der Waals surface area contributed by atoms with Gasteiger partial charge < -0.3 is 10.2 Å². The van der Waals surface area contributed by atoms with Crippen molar-refractivity contribution < 1.29 is 19.9 Å². The van der Waals surface area contributed by atoms with Crippen LogP contribution in [0, 0.1) is 32.3 Å². The Morgan fingerprint density at radius 2 is 1.82 bits per heavy atom. The number of nitro benzene ring substituents is 1. The van der Waals surface area contributed by atoms with E-state index in [-0.39, 0.29) is 28.1 Å². The number of phenolic OH excluding ortho intramolecular Hbond substituents is 2. The molecule has 8 nitrogen and oxygen atoms in total. The van der Waals surface area contributed by atoms with Gasteiger partial charge in [0.05, 0.1) is 16.6 Å². The molecule has 4 saturated carbocycles. The average molecular weight is 387 g/mol. The largest absolute Gasteiger partial charge is 0.507 e. The Labute approximate surface area is 162 Å². The summed E-state index contributed by atoms with van der Waals surface area (Å²) in [6.45, 7) is 4.57. The molecule has 1 amide bonds. The number of nitrogens with one attached hydrogen (secondary N) is 1. The Bertz CT molecular complexity index is 878. The molecule has 0 radical (unpaired) electrons. The number of nitrogens with zero attached hydrogens (tertiary/aromatic N) is 2. The highest BCUT2D eigenvalue weighted by Crippen LogP contribution is 2.69. The first kappa shape index (κ1) is 18.7. The van der Waals surface area contributed by atoms with Crippen LogP contribution in [0.5, 0.6) is 11.5 Å². The Morgan fingerprint density at radius 1 is 1.18 bits per heavy atom. The molecule has 0 aromatic heterocycles. The molecule has 3 N–H and O–H groups in total. The number of hydrogen-bond donors (Lipinski definition) is 3. The number of benzene rings is 1. The van der Waals surface area contributed by atoms with Gasteiger partial charge in [-0.15, -0.1) is 0 Å². The van der Waals surface area contributed by atoms with Gasteiger partial charge in [0, 0.05) is 17.7 Å². The highest BCUT2D eigenvalue weighted by molar-refractivity contribution is 5.88. The molecule has 150 valence electrons. The van der Waals surface area contributed by atoms with Crippen molar-refractivity contribution >= 4 is 17.8 Å². The normalized spacial score (nSPS) is 36.0. The second-order valence-corrected chi connectivity index (χ2v) is 9.77. The number of carbonyl (C=O) groups is 1. The third-order valence-corrected chi connectivity index (χ3v) is 6.80. The fraction of sp³-hybridized carbons (Fsp3) is 0.600. The van der Waals surface area contributed by atoms with E-state index in [1.54, 1.807) is 0 Å². The zero-order chi connectivity index (χ0) is 20.3. The second-order valence-electron chi connectivity index (χ2n) is 9.77. The predicted molar refractivity (Wildman–Crippen MR) is 102 cm³/mol. The van der Waals surface area contributed by atoms with Crippen LogP contribution in [0.4, 0.5) is 5.69 Å². The molecule has 2 atom stereocenters. The van der Waals surface area contributed by atoms with Gasteiger partial charge in [-0.1, -0.05) is 13.8 Å². The molecule has 8 heteroatoms. The summed E-state index contributed by atoms with van der Waals surface area (Å²) in [6, 6.07) is 1.91. The van der Waals surface area contributed by atoms with E-state index in [0.29, 0.717) is 5.92 Å². The molecule has 4 aliphatic rings. The summed E-state index contributed by atoms with van der Waals surface area (Å²) in [6.07, 6.45) is 7.32. The zero-order valence-electron chi connectivity index (χ0n) is 16.1. The number of aromatic hydroxyl groups is 2. The smallest absolute Gasteiger partial charge is 0.311 e. The van der Waals surface area contributed by atoms with Crippen LogP contribution in [0.25, 0.3) is 0 Å². The van der Waals surface area contributed by atoms with Crippen LogP contribution in [0.15, 0.2) is 17.2 Å². The number of rotatable bonds is 4. The number of carbonyl (C=O) groups excluding carboxylic acids is 1. The van der Waals surface area contributed by atoms with Crippen LogP contribution in [0.2, 0.25) is 0 Å². The van der Waals surface area contributed by atoms with Gasteiger partial charge in [0.2, 0.25) is 5.91 Å². The lowest BCUT2D eigenvalue weighted by Crippen LogP contribution is -2.59. The fourth-order valence-electron chi connectivity index (χ4n) is 6.81. The maximum absolute atomic E-state index is 13.0. The average Bonchev–Trinajstić information content (AvgIpc) is 2.52. The SMILES string of the molecule is CC12CC3CC(C)(C1)CC(C(=O)N/N=C/c1cc([N+](=O)[O-])c(O)cc1O)(C3)C2. The van der Waals surface area contributed by atoms with Gasteiger partial charge in [-0.3, -0.25) is 14.9 Å². The van der Waals surface area contributed by atoms with Crippen LogP contribution in [0.3, 0.4) is 0 Å². The quantitative estimate of drug-likeness (QED) is 0.414. The number of nitro groups is 1. The maximum Gasteiger partial charge on any atom is 0.311 e. The van der Waals surface area contributed by atoms with Crippen LogP contribution in [-0.2, 0) is 4.79 Å². The fourth-order valence-corrected chi connectivity index (χ4v) is 6.81. The number of amides is 1. The molecule has 0 heterocycles. The Morgan fingerprint density at radius 3 is 2.39 bits per heavy atom. The molecule has 4 fully saturated rings. The van der Waals surface area contributed by atoms with Crippen molar-refractivity contribution in [2.45, 2.75) is 52.4 Å². The van der Waals surface area contributed by atoms with Crippen molar-refractivity contribution in [2.75, 3.05) is 0 Å².